The largest absolute Gasteiger partial charge is 0.496 e. The van der Waals surface area contributed by atoms with E-state index in [0.717, 1.165) is 22.6 Å². The SMILES string of the molecule is CC[C@@H](Sc1ccc(C)cc1)C(=O)Nc1nnc(-c2ccccc2OC)s1. The van der Waals surface area contributed by atoms with Gasteiger partial charge in [0.2, 0.25) is 11.0 Å². The molecule has 0 spiro atoms. The quantitative estimate of drug-likeness (QED) is 0.565. The van der Waals surface area contributed by atoms with Crippen molar-refractivity contribution in [2.75, 3.05) is 12.4 Å². The molecule has 1 amide bonds. The molecule has 1 heterocycles. The van der Waals surface area contributed by atoms with Crippen LogP contribution in [-0.4, -0.2) is 28.5 Å². The molecule has 0 saturated carbocycles. The van der Waals surface area contributed by atoms with Crippen LogP contribution in [0.1, 0.15) is 18.9 Å². The van der Waals surface area contributed by atoms with Gasteiger partial charge in [0.15, 0.2) is 5.01 Å². The van der Waals surface area contributed by atoms with Crippen molar-refractivity contribution in [1.29, 1.82) is 0 Å². The fraction of sp³-hybridized carbons (Fsp3) is 0.250. The summed E-state index contributed by atoms with van der Waals surface area (Å²) < 4.78 is 5.37. The average molecular weight is 400 g/mol. The zero-order valence-electron chi connectivity index (χ0n) is 15.4. The molecule has 0 unspecified atom stereocenters. The Balaban J connectivity index is 1.70. The van der Waals surface area contributed by atoms with Gasteiger partial charge in [-0.1, -0.05) is 48.1 Å². The van der Waals surface area contributed by atoms with Gasteiger partial charge >= 0.3 is 0 Å². The third-order valence-corrected chi connectivity index (χ3v) is 6.20. The van der Waals surface area contributed by atoms with Crippen molar-refractivity contribution in [3.63, 3.8) is 0 Å². The Morgan fingerprint density at radius 2 is 1.93 bits per heavy atom. The van der Waals surface area contributed by atoms with Gasteiger partial charge < -0.3 is 4.74 Å². The lowest BCUT2D eigenvalue weighted by molar-refractivity contribution is -0.115. The van der Waals surface area contributed by atoms with Crippen LogP contribution in [0.4, 0.5) is 5.13 Å². The highest BCUT2D eigenvalue weighted by Crippen LogP contribution is 2.34. The number of aromatic nitrogens is 2. The lowest BCUT2D eigenvalue weighted by Gasteiger charge is -2.13. The number of nitrogens with one attached hydrogen (secondary N) is 1. The number of benzene rings is 2. The Kier molecular flexibility index (Phi) is 6.47. The predicted octanol–water partition coefficient (Wildman–Crippen LogP) is 5.03. The zero-order valence-corrected chi connectivity index (χ0v) is 17.1. The third-order valence-electron chi connectivity index (χ3n) is 3.96. The van der Waals surface area contributed by atoms with Crippen LogP contribution in [0.2, 0.25) is 0 Å². The van der Waals surface area contributed by atoms with Crippen LogP contribution in [-0.2, 0) is 4.79 Å². The van der Waals surface area contributed by atoms with E-state index in [9.17, 15) is 4.79 Å². The maximum atomic E-state index is 12.7. The van der Waals surface area contributed by atoms with Gasteiger partial charge in [-0.05, 0) is 37.6 Å². The Morgan fingerprint density at radius 1 is 1.19 bits per heavy atom. The van der Waals surface area contributed by atoms with Crippen molar-refractivity contribution in [3.8, 4) is 16.3 Å². The number of hydrogen-bond acceptors (Lipinski definition) is 6. The van der Waals surface area contributed by atoms with Crippen LogP contribution < -0.4 is 10.1 Å². The number of rotatable bonds is 7. The average Bonchev–Trinajstić information content (AvgIpc) is 3.15. The van der Waals surface area contributed by atoms with Gasteiger partial charge in [0.1, 0.15) is 5.75 Å². The topological polar surface area (TPSA) is 64.1 Å². The summed E-state index contributed by atoms with van der Waals surface area (Å²) in [5.41, 5.74) is 2.06. The molecule has 0 fully saturated rings. The van der Waals surface area contributed by atoms with E-state index in [1.165, 1.54) is 16.9 Å². The molecule has 27 heavy (non-hydrogen) atoms. The van der Waals surface area contributed by atoms with Crippen molar-refractivity contribution >= 4 is 34.1 Å². The van der Waals surface area contributed by atoms with Crippen LogP contribution in [0, 0.1) is 6.92 Å². The van der Waals surface area contributed by atoms with E-state index in [-0.39, 0.29) is 11.2 Å². The van der Waals surface area contributed by atoms with Crippen molar-refractivity contribution < 1.29 is 9.53 Å². The van der Waals surface area contributed by atoms with Crippen molar-refractivity contribution in [2.45, 2.75) is 30.4 Å². The molecule has 0 radical (unpaired) electrons. The molecule has 1 atom stereocenters. The molecule has 1 aromatic heterocycles. The van der Waals surface area contributed by atoms with Crippen molar-refractivity contribution in [1.82, 2.24) is 10.2 Å². The summed E-state index contributed by atoms with van der Waals surface area (Å²) in [6.45, 7) is 4.05. The van der Waals surface area contributed by atoms with Gasteiger partial charge in [-0.3, -0.25) is 10.1 Å². The molecule has 2 aromatic carbocycles. The maximum Gasteiger partial charge on any atom is 0.239 e. The Morgan fingerprint density at radius 3 is 2.63 bits per heavy atom. The second kappa shape index (κ2) is 9.01. The highest BCUT2D eigenvalue weighted by molar-refractivity contribution is 8.00. The Bertz CT molecular complexity index is 910. The Labute approximate surface area is 167 Å². The summed E-state index contributed by atoms with van der Waals surface area (Å²) in [6, 6.07) is 15.8. The van der Waals surface area contributed by atoms with Crippen LogP contribution in [0.25, 0.3) is 10.6 Å². The minimum absolute atomic E-state index is 0.0641. The minimum atomic E-state index is -0.189. The summed E-state index contributed by atoms with van der Waals surface area (Å²) in [5.74, 6) is 0.665. The van der Waals surface area contributed by atoms with Gasteiger partial charge in [-0.25, -0.2) is 0 Å². The molecular formula is C20H21N3O2S2. The molecule has 0 aliphatic rings. The molecule has 5 nitrogen and oxygen atoms in total. The van der Waals surface area contributed by atoms with E-state index in [2.05, 4.69) is 27.6 Å². The van der Waals surface area contributed by atoms with Crippen LogP contribution in [0.15, 0.2) is 53.4 Å². The van der Waals surface area contributed by atoms with E-state index in [4.69, 9.17) is 4.74 Å². The van der Waals surface area contributed by atoms with Gasteiger partial charge in [0, 0.05) is 4.90 Å². The predicted molar refractivity (Wildman–Crippen MR) is 112 cm³/mol. The first kappa shape index (κ1) is 19.4. The maximum absolute atomic E-state index is 12.7. The number of methoxy groups -OCH3 is 1. The zero-order chi connectivity index (χ0) is 19.2. The fourth-order valence-corrected chi connectivity index (χ4v) is 4.22. The van der Waals surface area contributed by atoms with Crippen molar-refractivity contribution in [2.24, 2.45) is 0 Å². The highest BCUT2D eigenvalue weighted by Gasteiger charge is 2.20. The molecule has 3 aromatic rings. The van der Waals surface area contributed by atoms with E-state index in [1.54, 1.807) is 18.9 Å². The molecular weight excluding hydrogens is 378 g/mol. The van der Waals surface area contributed by atoms with Gasteiger partial charge in [-0.15, -0.1) is 22.0 Å². The van der Waals surface area contributed by atoms with Gasteiger partial charge in [0.25, 0.3) is 0 Å². The first-order chi connectivity index (χ1) is 13.1. The van der Waals surface area contributed by atoms with Gasteiger partial charge in [-0.2, -0.15) is 0 Å². The highest BCUT2D eigenvalue weighted by atomic mass is 32.2. The molecule has 0 aliphatic carbocycles. The number of amides is 1. The van der Waals surface area contributed by atoms with Crippen molar-refractivity contribution in [3.05, 3.63) is 54.1 Å². The lowest BCUT2D eigenvalue weighted by atomic mass is 10.2. The number of aryl methyl sites for hydroxylation is 1. The molecule has 7 heteroatoms. The number of hydrogen-bond donors (Lipinski definition) is 1. The van der Waals surface area contributed by atoms with E-state index >= 15 is 0 Å². The number of anilines is 1. The third kappa shape index (κ3) is 4.87. The molecule has 1 N–H and O–H groups in total. The normalized spacial score (nSPS) is 11.8. The Hall–Kier alpha value is -2.38. The van der Waals surface area contributed by atoms with Crippen LogP contribution in [0.3, 0.4) is 0 Å². The summed E-state index contributed by atoms with van der Waals surface area (Å²) >= 11 is 2.89. The minimum Gasteiger partial charge on any atom is -0.496 e. The number of carbonyl (C=O) groups excluding carboxylic acids is 1. The number of ether oxygens (including phenoxy) is 1. The summed E-state index contributed by atoms with van der Waals surface area (Å²) in [5, 5.41) is 12.2. The van der Waals surface area contributed by atoms with E-state index in [0.29, 0.717) is 10.1 Å². The van der Waals surface area contributed by atoms with E-state index in [1.807, 2.05) is 50.2 Å². The molecule has 140 valence electrons. The number of thioether (sulfide) groups is 1. The summed E-state index contributed by atoms with van der Waals surface area (Å²) in [6.07, 6.45) is 0.725. The van der Waals surface area contributed by atoms with Gasteiger partial charge in [0.05, 0.1) is 17.9 Å². The first-order valence-corrected chi connectivity index (χ1v) is 10.3. The standard InChI is InChI=1S/C20H21N3O2S2/c1-4-17(26-14-11-9-13(2)10-12-14)18(24)21-20-23-22-19(27-20)15-7-5-6-8-16(15)25-3/h5-12,17H,4H2,1-3H3,(H,21,23,24)/t17-/m1/s1. The molecule has 0 bridgehead atoms. The fourth-order valence-electron chi connectivity index (χ4n) is 2.49. The summed E-state index contributed by atoms with van der Waals surface area (Å²) in [7, 11) is 1.62. The molecule has 0 aliphatic heterocycles. The molecule has 0 saturated heterocycles. The monoisotopic (exact) mass is 399 g/mol. The second-order valence-electron chi connectivity index (χ2n) is 5.93. The van der Waals surface area contributed by atoms with E-state index < -0.39 is 0 Å². The number of nitrogens with zero attached hydrogens (tertiary/aromatic N) is 2. The number of para-hydroxylation sites is 1. The second-order valence-corrected chi connectivity index (χ2v) is 8.18. The summed E-state index contributed by atoms with van der Waals surface area (Å²) in [4.78, 5) is 13.7. The number of carbonyl (C=O) groups is 1. The first-order valence-electron chi connectivity index (χ1n) is 8.61. The molecule has 3 rings (SSSR count). The van der Waals surface area contributed by atoms with Crippen LogP contribution in [0.5, 0.6) is 5.75 Å². The van der Waals surface area contributed by atoms with Crippen LogP contribution >= 0.6 is 23.1 Å². The lowest BCUT2D eigenvalue weighted by Crippen LogP contribution is -2.24. The smallest absolute Gasteiger partial charge is 0.239 e.